The third kappa shape index (κ3) is 1.93. The molecule has 3 nitrogen and oxygen atoms in total. The second kappa shape index (κ2) is 4.24. The van der Waals surface area contributed by atoms with Crippen LogP contribution in [-0.4, -0.2) is 11.0 Å². The molecule has 0 aliphatic carbocycles. The van der Waals surface area contributed by atoms with Crippen molar-refractivity contribution in [2.75, 3.05) is 0 Å². The molecule has 0 radical (unpaired) electrons. The summed E-state index contributed by atoms with van der Waals surface area (Å²) in [5.74, 6) is -0.689. The van der Waals surface area contributed by atoms with Crippen LogP contribution < -0.4 is 5.73 Å². The number of carbonyl (C=O) groups is 1. The molecule has 0 heterocycles. The average Bonchev–Trinajstić information content (AvgIpc) is 2.19. The average molecular weight is 193 g/mol. The van der Waals surface area contributed by atoms with Crippen LogP contribution in [0.4, 0.5) is 0 Å². The highest BCUT2D eigenvalue weighted by molar-refractivity contribution is 5.84. The summed E-state index contributed by atoms with van der Waals surface area (Å²) in [6, 6.07) is 8.80. The SMILES string of the molecule is CCC[C@](O)(C(N)=O)c1ccccc1. The zero-order valence-electron chi connectivity index (χ0n) is 8.23. The maximum absolute atomic E-state index is 11.2. The van der Waals surface area contributed by atoms with E-state index >= 15 is 0 Å². The fourth-order valence-corrected chi connectivity index (χ4v) is 1.49. The maximum atomic E-state index is 11.2. The first-order valence-electron chi connectivity index (χ1n) is 4.69. The molecule has 0 saturated heterocycles. The summed E-state index contributed by atoms with van der Waals surface area (Å²) in [6.07, 6.45) is 1.06. The molecular formula is C11H15NO2. The van der Waals surface area contributed by atoms with Gasteiger partial charge in [-0.2, -0.15) is 0 Å². The van der Waals surface area contributed by atoms with Gasteiger partial charge in [-0.25, -0.2) is 0 Å². The van der Waals surface area contributed by atoms with Gasteiger partial charge in [-0.1, -0.05) is 43.7 Å². The zero-order chi connectivity index (χ0) is 10.6. The third-order valence-corrected chi connectivity index (χ3v) is 2.27. The van der Waals surface area contributed by atoms with Crippen molar-refractivity contribution in [3.05, 3.63) is 35.9 Å². The number of aliphatic hydroxyl groups is 1. The predicted octanol–water partition coefficient (Wildman–Crippen LogP) is 1.16. The lowest BCUT2D eigenvalue weighted by Gasteiger charge is -2.24. The summed E-state index contributed by atoms with van der Waals surface area (Å²) in [4.78, 5) is 11.2. The number of rotatable bonds is 4. The highest BCUT2D eigenvalue weighted by Gasteiger charge is 2.34. The van der Waals surface area contributed by atoms with Crippen LogP contribution in [0.1, 0.15) is 25.3 Å². The van der Waals surface area contributed by atoms with Gasteiger partial charge in [0.2, 0.25) is 0 Å². The van der Waals surface area contributed by atoms with Gasteiger partial charge in [0.25, 0.3) is 5.91 Å². The summed E-state index contributed by atoms with van der Waals surface area (Å²) >= 11 is 0. The van der Waals surface area contributed by atoms with Crippen LogP contribution in [0.15, 0.2) is 30.3 Å². The molecule has 0 fully saturated rings. The fraction of sp³-hybridized carbons (Fsp3) is 0.364. The summed E-state index contributed by atoms with van der Waals surface area (Å²) in [6.45, 7) is 1.90. The van der Waals surface area contributed by atoms with Crippen LogP contribution in [-0.2, 0) is 10.4 Å². The molecule has 0 aliphatic heterocycles. The third-order valence-electron chi connectivity index (χ3n) is 2.27. The Hall–Kier alpha value is -1.35. The normalized spacial score (nSPS) is 14.7. The largest absolute Gasteiger partial charge is 0.375 e. The minimum absolute atomic E-state index is 0.354. The van der Waals surface area contributed by atoms with Crippen LogP contribution in [0.2, 0.25) is 0 Å². The smallest absolute Gasteiger partial charge is 0.254 e. The molecule has 0 bridgehead atoms. The van der Waals surface area contributed by atoms with Crippen molar-refractivity contribution in [1.29, 1.82) is 0 Å². The Balaban J connectivity index is 3.06. The van der Waals surface area contributed by atoms with Crippen molar-refractivity contribution in [2.24, 2.45) is 5.73 Å². The molecule has 76 valence electrons. The lowest BCUT2D eigenvalue weighted by atomic mass is 9.89. The number of hydrogen-bond acceptors (Lipinski definition) is 2. The van der Waals surface area contributed by atoms with E-state index in [1.54, 1.807) is 24.3 Å². The van der Waals surface area contributed by atoms with E-state index in [9.17, 15) is 9.90 Å². The molecule has 3 heteroatoms. The number of amides is 1. The van der Waals surface area contributed by atoms with Gasteiger partial charge in [0.1, 0.15) is 0 Å². The molecule has 1 aromatic carbocycles. The number of carbonyl (C=O) groups excluding carboxylic acids is 1. The Kier molecular flexibility index (Phi) is 3.25. The van der Waals surface area contributed by atoms with Crippen molar-refractivity contribution in [3.8, 4) is 0 Å². The van der Waals surface area contributed by atoms with E-state index in [1.165, 1.54) is 0 Å². The molecule has 0 unspecified atom stereocenters. The van der Waals surface area contributed by atoms with Gasteiger partial charge < -0.3 is 10.8 Å². The molecule has 1 rings (SSSR count). The van der Waals surface area contributed by atoms with Crippen LogP contribution in [0.3, 0.4) is 0 Å². The zero-order valence-corrected chi connectivity index (χ0v) is 8.23. The maximum Gasteiger partial charge on any atom is 0.254 e. The molecular weight excluding hydrogens is 178 g/mol. The first kappa shape index (κ1) is 10.7. The minimum atomic E-state index is -1.52. The Labute approximate surface area is 83.6 Å². The lowest BCUT2D eigenvalue weighted by molar-refractivity contribution is -0.138. The van der Waals surface area contributed by atoms with Gasteiger partial charge in [-0.05, 0) is 12.0 Å². The van der Waals surface area contributed by atoms with Crippen LogP contribution in [0.25, 0.3) is 0 Å². The monoisotopic (exact) mass is 193 g/mol. The van der Waals surface area contributed by atoms with Gasteiger partial charge in [-0.3, -0.25) is 4.79 Å². The van der Waals surface area contributed by atoms with Crippen molar-refractivity contribution >= 4 is 5.91 Å². The van der Waals surface area contributed by atoms with Crippen LogP contribution in [0.5, 0.6) is 0 Å². The summed E-state index contributed by atoms with van der Waals surface area (Å²) in [5.41, 5.74) is 4.25. The molecule has 1 aromatic rings. The molecule has 0 aliphatic rings. The van der Waals surface area contributed by atoms with Crippen molar-refractivity contribution in [3.63, 3.8) is 0 Å². The van der Waals surface area contributed by atoms with E-state index in [1.807, 2.05) is 13.0 Å². The molecule has 0 spiro atoms. The summed E-state index contributed by atoms with van der Waals surface area (Å²) in [5, 5.41) is 10.1. The highest BCUT2D eigenvalue weighted by Crippen LogP contribution is 2.25. The Morgan fingerprint density at radius 3 is 2.43 bits per heavy atom. The minimum Gasteiger partial charge on any atom is -0.375 e. The van der Waals surface area contributed by atoms with E-state index in [0.717, 1.165) is 0 Å². The van der Waals surface area contributed by atoms with Gasteiger partial charge >= 0.3 is 0 Å². The number of hydrogen-bond donors (Lipinski definition) is 2. The summed E-state index contributed by atoms with van der Waals surface area (Å²) < 4.78 is 0. The first-order chi connectivity index (χ1) is 6.61. The molecule has 1 atom stereocenters. The van der Waals surface area contributed by atoms with E-state index < -0.39 is 11.5 Å². The van der Waals surface area contributed by atoms with E-state index in [-0.39, 0.29) is 0 Å². The molecule has 14 heavy (non-hydrogen) atoms. The Morgan fingerprint density at radius 1 is 1.43 bits per heavy atom. The van der Waals surface area contributed by atoms with E-state index in [4.69, 9.17) is 5.73 Å². The van der Waals surface area contributed by atoms with Crippen LogP contribution in [0, 0.1) is 0 Å². The quantitative estimate of drug-likeness (QED) is 0.753. The standard InChI is InChI=1S/C11H15NO2/c1-2-8-11(14,10(12)13)9-6-4-3-5-7-9/h3-7,14H,2,8H2,1H3,(H2,12,13)/t11-/m1/s1. The molecule has 0 saturated carbocycles. The second-order valence-electron chi connectivity index (χ2n) is 3.34. The number of benzene rings is 1. The molecule has 0 aromatic heterocycles. The van der Waals surface area contributed by atoms with E-state index in [0.29, 0.717) is 18.4 Å². The fourth-order valence-electron chi connectivity index (χ4n) is 1.49. The number of nitrogens with two attached hydrogens (primary N) is 1. The van der Waals surface area contributed by atoms with Gasteiger partial charge in [0.05, 0.1) is 0 Å². The van der Waals surface area contributed by atoms with Gasteiger partial charge in [-0.15, -0.1) is 0 Å². The Bertz CT molecular complexity index is 310. The second-order valence-corrected chi connectivity index (χ2v) is 3.34. The van der Waals surface area contributed by atoms with Crippen molar-refractivity contribution < 1.29 is 9.90 Å². The predicted molar refractivity (Wildman–Crippen MR) is 54.4 cm³/mol. The topological polar surface area (TPSA) is 63.3 Å². The summed E-state index contributed by atoms with van der Waals surface area (Å²) in [7, 11) is 0. The first-order valence-corrected chi connectivity index (χ1v) is 4.69. The van der Waals surface area contributed by atoms with Crippen molar-refractivity contribution in [1.82, 2.24) is 0 Å². The van der Waals surface area contributed by atoms with Crippen LogP contribution >= 0.6 is 0 Å². The van der Waals surface area contributed by atoms with Crippen molar-refractivity contribution in [2.45, 2.75) is 25.4 Å². The van der Waals surface area contributed by atoms with Gasteiger partial charge in [0.15, 0.2) is 5.60 Å². The highest BCUT2D eigenvalue weighted by atomic mass is 16.3. The van der Waals surface area contributed by atoms with E-state index in [2.05, 4.69) is 0 Å². The van der Waals surface area contributed by atoms with Gasteiger partial charge in [0, 0.05) is 0 Å². The Morgan fingerprint density at radius 2 is 2.00 bits per heavy atom. The number of primary amides is 1. The molecule has 1 amide bonds. The lowest BCUT2D eigenvalue weighted by Crippen LogP contribution is -2.40. The molecule has 3 N–H and O–H groups in total.